The molecule has 6 rings (SSSR count). The number of amides is 3. The van der Waals surface area contributed by atoms with Gasteiger partial charge in [0.1, 0.15) is 22.5 Å². The standard InChI is InChI=1S/C41H34FN5O4S/c1-27-36(41(51)47(46(27)2)32-19-10-5-11-20-32)45-40(50)37(28-14-6-3-7-15-28)52-33-24-22-31(23-25-33)43-39(49)35(26-30-18-12-13-21-34(30)42)44-38(48)29-16-8-4-9-17-29/h3-26,37H,1-2H3,(H,43,49)(H,44,48)(H,45,50)/b35-26-. The van der Waals surface area contributed by atoms with Crippen LogP contribution in [0.3, 0.4) is 0 Å². The van der Waals surface area contributed by atoms with Crippen LogP contribution in [0.2, 0.25) is 0 Å². The molecule has 3 amide bonds. The molecule has 0 saturated carbocycles. The largest absolute Gasteiger partial charge is 0.321 e. The number of rotatable bonds is 11. The van der Waals surface area contributed by atoms with E-state index in [2.05, 4.69) is 16.0 Å². The molecule has 6 aromatic rings. The minimum atomic E-state index is -0.727. The van der Waals surface area contributed by atoms with Crippen LogP contribution in [-0.2, 0) is 16.6 Å². The average molecular weight is 712 g/mol. The maximum Gasteiger partial charge on any atom is 0.295 e. The van der Waals surface area contributed by atoms with Gasteiger partial charge in [-0.05, 0) is 73.2 Å². The van der Waals surface area contributed by atoms with Crippen molar-refractivity contribution in [2.45, 2.75) is 17.1 Å². The summed E-state index contributed by atoms with van der Waals surface area (Å²) in [6.07, 6.45) is 1.28. The molecule has 1 heterocycles. The quantitative estimate of drug-likeness (QED) is 0.0952. The molecule has 0 saturated heterocycles. The first-order valence-corrected chi connectivity index (χ1v) is 17.2. The second kappa shape index (κ2) is 16.0. The highest BCUT2D eigenvalue weighted by Crippen LogP contribution is 2.37. The van der Waals surface area contributed by atoms with Crippen molar-refractivity contribution < 1.29 is 18.8 Å². The molecule has 260 valence electrons. The summed E-state index contributed by atoms with van der Waals surface area (Å²) in [5, 5.41) is 7.54. The molecule has 0 spiro atoms. The first-order valence-electron chi connectivity index (χ1n) is 16.3. The van der Waals surface area contributed by atoms with E-state index in [0.29, 0.717) is 27.5 Å². The Hall–Kier alpha value is -6.46. The number of anilines is 2. The van der Waals surface area contributed by atoms with E-state index in [9.17, 15) is 23.6 Å². The number of nitrogens with zero attached hydrogens (tertiary/aromatic N) is 2. The van der Waals surface area contributed by atoms with Crippen LogP contribution < -0.4 is 21.5 Å². The lowest BCUT2D eigenvalue weighted by atomic mass is 10.1. The number of hydrogen-bond donors (Lipinski definition) is 3. The molecule has 3 N–H and O–H groups in total. The molecular weight excluding hydrogens is 678 g/mol. The third kappa shape index (κ3) is 8.11. The number of para-hydroxylation sites is 1. The molecule has 11 heteroatoms. The maximum absolute atomic E-state index is 14.5. The van der Waals surface area contributed by atoms with Gasteiger partial charge in [-0.1, -0.05) is 84.9 Å². The van der Waals surface area contributed by atoms with Crippen LogP contribution in [0.25, 0.3) is 11.8 Å². The zero-order chi connectivity index (χ0) is 36.6. The summed E-state index contributed by atoms with van der Waals surface area (Å²) in [5.74, 6) is -2.12. The Balaban J connectivity index is 1.21. The van der Waals surface area contributed by atoms with Crippen LogP contribution in [0.4, 0.5) is 15.8 Å². The van der Waals surface area contributed by atoms with Gasteiger partial charge in [0, 0.05) is 28.8 Å². The zero-order valence-corrected chi connectivity index (χ0v) is 29.1. The summed E-state index contributed by atoms with van der Waals surface area (Å²) in [5.41, 5.74) is 2.56. The van der Waals surface area contributed by atoms with Crippen molar-refractivity contribution in [3.8, 4) is 5.69 Å². The van der Waals surface area contributed by atoms with Crippen LogP contribution in [0, 0.1) is 12.7 Å². The van der Waals surface area contributed by atoms with Crippen molar-refractivity contribution in [2.75, 3.05) is 10.6 Å². The van der Waals surface area contributed by atoms with Crippen LogP contribution in [-0.4, -0.2) is 27.1 Å². The smallest absolute Gasteiger partial charge is 0.295 e. The number of carbonyl (C=O) groups excluding carboxylic acids is 3. The van der Waals surface area contributed by atoms with E-state index in [0.717, 1.165) is 5.56 Å². The number of hydrogen-bond acceptors (Lipinski definition) is 5. The molecule has 52 heavy (non-hydrogen) atoms. The fourth-order valence-corrected chi connectivity index (χ4v) is 6.47. The summed E-state index contributed by atoms with van der Waals surface area (Å²) in [4.78, 5) is 54.6. The van der Waals surface area contributed by atoms with E-state index in [4.69, 9.17) is 0 Å². The molecule has 0 radical (unpaired) electrons. The van der Waals surface area contributed by atoms with Crippen LogP contribution in [0.1, 0.15) is 32.4 Å². The van der Waals surface area contributed by atoms with Gasteiger partial charge < -0.3 is 16.0 Å². The lowest BCUT2D eigenvalue weighted by Gasteiger charge is -2.17. The van der Waals surface area contributed by atoms with Crippen molar-refractivity contribution in [3.05, 3.63) is 184 Å². The predicted molar refractivity (Wildman–Crippen MR) is 203 cm³/mol. The summed E-state index contributed by atoms with van der Waals surface area (Å²) in [6.45, 7) is 1.78. The molecule has 0 aliphatic carbocycles. The van der Waals surface area contributed by atoms with E-state index < -0.39 is 22.9 Å². The molecule has 1 atom stereocenters. The van der Waals surface area contributed by atoms with Crippen LogP contribution in [0.5, 0.6) is 0 Å². The SMILES string of the molecule is Cc1c(NC(=O)C(Sc2ccc(NC(=O)/C(=C/c3ccccc3F)NC(=O)c3ccccc3)cc2)c2ccccc2)c(=O)n(-c2ccccc2)n1C. The highest BCUT2D eigenvalue weighted by atomic mass is 32.2. The van der Waals surface area contributed by atoms with Crippen molar-refractivity contribution >= 4 is 46.9 Å². The fraction of sp³-hybridized carbons (Fsp3) is 0.0732. The molecule has 1 unspecified atom stereocenters. The van der Waals surface area contributed by atoms with Gasteiger partial charge in [-0.3, -0.25) is 23.9 Å². The van der Waals surface area contributed by atoms with Gasteiger partial charge in [0.15, 0.2) is 0 Å². The van der Waals surface area contributed by atoms with Crippen LogP contribution >= 0.6 is 11.8 Å². The topological polar surface area (TPSA) is 114 Å². The second-order valence-corrected chi connectivity index (χ2v) is 12.9. The Morgan fingerprint density at radius 2 is 1.35 bits per heavy atom. The monoisotopic (exact) mass is 711 g/mol. The summed E-state index contributed by atoms with van der Waals surface area (Å²) < 4.78 is 17.8. The second-order valence-electron chi connectivity index (χ2n) is 11.7. The summed E-state index contributed by atoms with van der Waals surface area (Å²) in [6, 6.07) is 39.6. The normalized spacial score (nSPS) is 11.8. The molecule has 0 fully saturated rings. The molecule has 0 aliphatic heterocycles. The lowest BCUT2D eigenvalue weighted by molar-refractivity contribution is -0.116. The minimum Gasteiger partial charge on any atom is -0.321 e. The maximum atomic E-state index is 14.5. The highest BCUT2D eigenvalue weighted by molar-refractivity contribution is 8.00. The van der Waals surface area contributed by atoms with E-state index >= 15 is 0 Å². The molecule has 0 bridgehead atoms. The summed E-state index contributed by atoms with van der Waals surface area (Å²) >= 11 is 1.28. The zero-order valence-electron chi connectivity index (χ0n) is 28.2. The molecule has 1 aromatic heterocycles. The number of thioether (sulfide) groups is 1. The Labute approximate surface area is 303 Å². The Kier molecular flexibility index (Phi) is 10.9. The lowest BCUT2D eigenvalue weighted by Crippen LogP contribution is -2.30. The van der Waals surface area contributed by atoms with E-state index in [1.54, 1.807) is 79.3 Å². The van der Waals surface area contributed by atoms with Gasteiger partial charge in [0.2, 0.25) is 5.91 Å². The fourth-order valence-electron chi connectivity index (χ4n) is 5.44. The third-order valence-corrected chi connectivity index (χ3v) is 9.51. The first-order chi connectivity index (χ1) is 25.2. The molecule has 9 nitrogen and oxygen atoms in total. The Morgan fingerprint density at radius 3 is 2.00 bits per heavy atom. The highest BCUT2D eigenvalue weighted by Gasteiger charge is 2.26. The van der Waals surface area contributed by atoms with Crippen molar-refractivity contribution in [1.82, 2.24) is 14.7 Å². The van der Waals surface area contributed by atoms with Gasteiger partial charge in [-0.2, -0.15) is 0 Å². The van der Waals surface area contributed by atoms with Crippen molar-refractivity contribution in [3.63, 3.8) is 0 Å². The molecule has 5 aromatic carbocycles. The Morgan fingerprint density at radius 1 is 0.750 bits per heavy atom. The van der Waals surface area contributed by atoms with Gasteiger partial charge in [0.25, 0.3) is 17.4 Å². The number of carbonyl (C=O) groups is 3. The van der Waals surface area contributed by atoms with Gasteiger partial charge in [-0.15, -0.1) is 11.8 Å². The molecule has 0 aliphatic rings. The Bertz CT molecular complexity index is 2310. The van der Waals surface area contributed by atoms with Crippen molar-refractivity contribution in [2.24, 2.45) is 7.05 Å². The van der Waals surface area contributed by atoms with E-state index in [-0.39, 0.29) is 28.4 Å². The van der Waals surface area contributed by atoms with E-state index in [1.165, 1.54) is 40.7 Å². The number of benzene rings is 5. The van der Waals surface area contributed by atoms with Gasteiger partial charge in [-0.25, -0.2) is 9.07 Å². The average Bonchev–Trinajstić information content (AvgIpc) is 3.38. The van der Waals surface area contributed by atoms with Crippen molar-refractivity contribution in [1.29, 1.82) is 0 Å². The summed E-state index contributed by atoms with van der Waals surface area (Å²) in [7, 11) is 1.76. The molecular formula is C41H34FN5O4S. The third-order valence-electron chi connectivity index (χ3n) is 8.24. The van der Waals surface area contributed by atoms with E-state index in [1.807, 2.05) is 60.7 Å². The van der Waals surface area contributed by atoms with Crippen LogP contribution in [0.15, 0.2) is 155 Å². The minimum absolute atomic E-state index is 0.127. The number of halogens is 1. The number of nitrogens with one attached hydrogen (secondary N) is 3. The number of aromatic nitrogens is 2. The first kappa shape index (κ1) is 35.4. The van der Waals surface area contributed by atoms with Gasteiger partial charge in [0.05, 0.1) is 11.4 Å². The predicted octanol–water partition coefficient (Wildman–Crippen LogP) is 7.51. The van der Waals surface area contributed by atoms with Gasteiger partial charge >= 0.3 is 0 Å².